The number of hydrogen-bond acceptors (Lipinski definition) is 4. The van der Waals surface area contributed by atoms with E-state index in [4.69, 9.17) is 0 Å². The Morgan fingerprint density at radius 1 is 1.47 bits per heavy atom. The quantitative estimate of drug-likeness (QED) is 0.896. The van der Waals surface area contributed by atoms with Crippen LogP contribution in [0.4, 0.5) is 0 Å². The Balaban J connectivity index is 1.54. The third-order valence-electron chi connectivity index (χ3n) is 3.41. The summed E-state index contributed by atoms with van der Waals surface area (Å²) in [5.41, 5.74) is 1.01. The van der Waals surface area contributed by atoms with Crippen molar-refractivity contribution in [3.8, 4) is 0 Å². The highest BCUT2D eigenvalue weighted by Crippen LogP contribution is 2.21. The zero-order chi connectivity index (χ0) is 13.1. The predicted molar refractivity (Wildman–Crippen MR) is 77.1 cm³/mol. The summed E-state index contributed by atoms with van der Waals surface area (Å²) in [7, 11) is 0. The second kappa shape index (κ2) is 5.67. The van der Waals surface area contributed by atoms with Crippen molar-refractivity contribution in [1.29, 1.82) is 0 Å². The fourth-order valence-corrected chi connectivity index (χ4v) is 3.30. The molecule has 5 heteroatoms. The molecule has 1 aromatic heterocycles. The van der Waals surface area contributed by atoms with E-state index in [2.05, 4.69) is 21.7 Å². The van der Waals surface area contributed by atoms with Gasteiger partial charge in [0.05, 0.1) is 16.8 Å². The first-order valence-corrected chi connectivity index (χ1v) is 7.45. The van der Waals surface area contributed by atoms with Crippen LogP contribution in [0.15, 0.2) is 24.3 Å². The van der Waals surface area contributed by atoms with E-state index in [1.54, 1.807) is 11.3 Å². The molecule has 19 heavy (non-hydrogen) atoms. The van der Waals surface area contributed by atoms with Gasteiger partial charge in [0.15, 0.2) is 0 Å². The van der Waals surface area contributed by atoms with Gasteiger partial charge in [-0.15, -0.1) is 11.3 Å². The fraction of sp³-hybridized carbons (Fsp3) is 0.429. The fourth-order valence-electron chi connectivity index (χ4n) is 2.39. The molecule has 1 aromatic carbocycles. The van der Waals surface area contributed by atoms with E-state index in [1.165, 1.54) is 4.70 Å². The zero-order valence-corrected chi connectivity index (χ0v) is 11.5. The van der Waals surface area contributed by atoms with Crippen LogP contribution in [-0.4, -0.2) is 24.0 Å². The average Bonchev–Trinajstić information content (AvgIpc) is 3.04. The van der Waals surface area contributed by atoms with Gasteiger partial charge in [-0.2, -0.15) is 0 Å². The normalized spacial score (nSPS) is 18.8. The van der Waals surface area contributed by atoms with E-state index in [-0.39, 0.29) is 5.91 Å². The first kappa shape index (κ1) is 12.6. The van der Waals surface area contributed by atoms with Crippen molar-refractivity contribution in [3.63, 3.8) is 0 Å². The third kappa shape index (κ3) is 3.11. The molecule has 1 aliphatic heterocycles. The molecule has 0 spiro atoms. The van der Waals surface area contributed by atoms with Crippen molar-refractivity contribution in [2.45, 2.75) is 19.4 Å². The number of benzene rings is 1. The van der Waals surface area contributed by atoms with Crippen molar-refractivity contribution < 1.29 is 4.79 Å². The summed E-state index contributed by atoms with van der Waals surface area (Å²) in [4.78, 5) is 16.3. The number of thiazole rings is 1. The highest BCUT2D eigenvalue weighted by atomic mass is 32.1. The summed E-state index contributed by atoms with van der Waals surface area (Å²) in [5, 5.41) is 7.22. The standard InChI is InChI=1S/C14H17N3OS/c18-13(7-10-5-6-15-8-10)16-9-14-17-11-3-1-2-4-12(11)19-14/h1-4,10,15H,5-9H2,(H,16,18). The number of amides is 1. The van der Waals surface area contributed by atoms with Crippen molar-refractivity contribution >= 4 is 27.5 Å². The Bertz CT molecular complexity index is 542. The van der Waals surface area contributed by atoms with Crippen LogP contribution in [0.25, 0.3) is 10.2 Å². The van der Waals surface area contributed by atoms with E-state index in [9.17, 15) is 4.79 Å². The minimum atomic E-state index is 0.132. The van der Waals surface area contributed by atoms with Crippen molar-refractivity contribution in [1.82, 2.24) is 15.6 Å². The molecule has 1 amide bonds. The number of aromatic nitrogens is 1. The molecule has 1 atom stereocenters. The zero-order valence-electron chi connectivity index (χ0n) is 10.7. The van der Waals surface area contributed by atoms with Gasteiger partial charge in [0, 0.05) is 6.42 Å². The average molecular weight is 275 g/mol. The molecule has 1 saturated heterocycles. The lowest BCUT2D eigenvalue weighted by Crippen LogP contribution is -2.25. The Morgan fingerprint density at radius 3 is 3.16 bits per heavy atom. The number of fused-ring (bicyclic) bond motifs is 1. The van der Waals surface area contributed by atoms with Gasteiger partial charge >= 0.3 is 0 Å². The summed E-state index contributed by atoms with van der Waals surface area (Å²) in [6.07, 6.45) is 1.73. The molecule has 2 aromatic rings. The molecule has 2 heterocycles. The Morgan fingerprint density at radius 2 is 2.37 bits per heavy atom. The smallest absolute Gasteiger partial charge is 0.220 e. The van der Waals surface area contributed by atoms with E-state index in [1.807, 2.05) is 18.2 Å². The number of para-hydroxylation sites is 1. The van der Waals surface area contributed by atoms with Crippen LogP contribution < -0.4 is 10.6 Å². The van der Waals surface area contributed by atoms with Crippen LogP contribution in [0.1, 0.15) is 17.8 Å². The maximum Gasteiger partial charge on any atom is 0.220 e. The Labute approximate surface area is 116 Å². The summed E-state index contributed by atoms with van der Waals surface area (Å²) in [5.74, 6) is 0.628. The number of rotatable bonds is 4. The van der Waals surface area contributed by atoms with Crippen LogP contribution in [-0.2, 0) is 11.3 Å². The van der Waals surface area contributed by atoms with Gasteiger partial charge in [0.2, 0.25) is 5.91 Å². The molecule has 100 valence electrons. The molecule has 1 fully saturated rings. The number of hydrogen-bond donors (Lipinski definition) is 2. The maximum absolute atomic E-state index is 11.8. The van der Waals surface area contributed by atoms with Gasteiger partial charge in [0.25, 0.3) is 0 Å². The Kier molecular flexibility index (Phi) is 3.75. The first-order valence-electron chi connectivity index (χ1n) is 6.63. The molecule has 0 saturated carbocycles. The maximum atomic E-state index is 11.8. The topological polar surface area (TPSA) is 54.0 Å². The minimum Gasteiger partial charge on any atom is -0.350 e. The number of nitrogens with zero attached hydrogens (tertiary/aromatic N) is 1. The van der Waals surface area contributed by atoms with Crippen LogP contribution >= 0.6 is 11.3 Å². The molecule has 0 aliphatic carbocycles. The predicted octanol–water partition coefficient (Wildman–Crippen LogP) is 1.91. The van der Waals surface area contributed by atoms with E-state index >= 15 is 0 Å². The van der Waals surface area contributed by atoms with Gasteiger partial charge < -0.3 is 10.6 Å². The number of carbonyl (C=O) groups is 1. The van der Waals surface area contributed by atoms with Crippen LogP contribution in [0, 0.1) is 5.92 Å². The SMILES string of the molecule is O=C(CC1CCNC1)NCc1nc2ccccc2s1. The second-order valence-corrected chi connectivity index (χ2v) is 6.03. The summed E-state index contributed by atoms with van der Waals surface area (Å²) in [6.45, 7) is 2.54. The van der Waals surface area contributed by atoms with E-state index < -0.39 is 0 Å². The summed E-state index contributed by atoms with van der Waals surface area (Å²) >= 11 is 1.64. The summed E-state index contributed by atoms with van der Waals surface area (Å²) in [6, 6.07) is 8.05. The lowest BCUT2D eigenvalue weighted by Gasteiger charge is -2.07. The molecular weight excluding hydrogens is 258 g/mol. The van der Waals surface area contributed by atoms with Gasteiger partial charge in [-0.1, -0.05) is 12.1 Å². The molecule has 0 radical (unpaired) electrons. The lowest BCUT2D eigenvalue weighted by molar-refractivity contribution is -0.122. The summed E-state index contributed by atoms with van der Waals surface area (Å²) < 4.78 is 1.17. The number of carbonyl (C=O) groups excluding carboxylic acids is 1. The van der Waals surface area contributed by atoms with Crippen molar-refractivity contribution in [2.24, 2.45) is 5.92 Å². The molecule has 3 rings (SSSR count). The van der Waals surface area contributed by atoms with Crippen LogP contribution in [0.3, 0.4) is 0 Å². The molecule has 0 bridgehead atoms. The molecule has 1 unspecified atom stereocenters. The molecular formula is C14H17N3OS. The monoisotopic (exact) mass is 275 g/mol. The van der Waals surface area contributed by atoms with E-state index in [0.29, 0.717) is 18.9 Å². The number of nitrogens with one attached hydrogen (secondary N) is 2. The lowest BCUT2D eigenvalue weighted by atomic mass is 10.0. The van der Waals surface area contributed by atoms with Gasteiger partial charge in [0.1, 0.15) is 5.01 Å². The van der Waals surface area contributed by atoms with Gasteiger partial charge in [-0.25, -0.2) is 4.98 Å². The van der Waals surface area contributed by atoms with Gasteiger partial charge in [-0.05, 0) is 37.6 Å². The largest absolute Gasteiger partial charge is 0.350 e. The molecule has 2 N–H and O–H groups in total. The van der Waals surface area contributed by atoms with Crippen molar-refractivity contribution in [2.75, 3.05) is 13.1 Å². The van der Waals surface area contributed by atoms with Crippen LogP contribution in [0.2, 0.25) is 0 Å². The molecule has 1 aliphatic rings. The highest BCUT2D eigenvalue weighted by molar-refractivity contribution is 7.18. The minimum absolute atomic E-state index is 0.132. The first-order chi connectivity index (χ1) is 9.31. The molecule has 4 nitrogen and oxygen atoms in total. The van der Waals surface area contributed by atoms with Crippen molar-refractivity contribution in [3.05, 3.63) is 29.3 Å². The third-order valence-corrected chi connectivity index (χ3v) is 4.45. The van der Waals surface area contributed by atoms with Crippen LogP contribution in [0.5, 0.6) is 0 Å². The van der Waals surface area contributed by atoms with E-state index in [0.717, 1.165) is 30.0 Å². The highest BCUT2D eigenvalue weighted by Gasteiger charge is 2.17. The Hall–Kier alpha value is -1.46. The second-order valence-electron chi connectivity index (χ2n) is 4.92. The van der Waals surface area contributed by atoms with Gasteiger partial charge in [-0.3, -0.25) is 4.79 Å².